The first-order valence-electron chi connectivity index (χ1n) is 3.25. The molecule has 0 bridgehead atoms. The lowest BCUT2D eigenvalue weighted by Gasteiger charge is -2.15. The summed E-state index contributed by atoms with van der Waals surface area (Å²) in [5.41, 5.74) is 0.823. The van der Waals surface area contributed by atoms with Crippen molar-refractivity contribution in [2.75, 3.05) is 0 Å². The van der Waals surface area contributed by atoms with Crippen LogP contribution in [-0.2, 0) is 5.41 Å². The number of aromatic nitrogens is 2. The quantitative estimate of drug-likeness (QED) is 0.572. The molecule has 1 heterocycles. The maximum Gasteiger partial charge on any atom is 0.233 e. The van der Waals surface area contributed by atoms with Gasteiger partial charge in [0.25, 0.3) is 0 Å². The lowest BCUT2D eigenvalue weighted by Crippen LogP contribution is -2.09. The Bertz CT molecular complexity index is 222. The highest BCUT2D eigenvalue weighted by molar-refractivity contribution is 5.28. The molecule has 0 aliphatic heterocycles. The maximum absolute atomic E-state index is 9.14. The first-order valence-corrected chi connectivity index (χ1v) is 3.25. The zero-order valence-electron chi connectivity index (χ0n) is 6.47. The summed E-state index contributed by atoms with van der Waals surface area (Å²) in [6, 6.07) is 0. The number of H-pyrrole nitrogens is 1. The number of hydrogen-bond acceptors (Lipinski definition) is 2. The van der Waals surface area contributed by atoms with Crippen LogP contribution in [0.5, 0.6) is 5.88 Å². The molecule has 1 rings (SSSR count). The van der Waals surface area contributed by atoms with Crippen LogP contribution in [0.25, 0.3) is 0 Å². The monoisotopic (exact) mass is 140 g/mol. The Balaban J connectivity index is 3.05. The number of nitrogens with zero attached hydrogens (tertiary/aromatic N) is 1. The van der Waals surface area contributed by atoms with Gasteiger partial charge in [0.05, 0.1) is 0 Å². The van der Waals surface area contributed by atoms with Gasteiger partial charge in [-0.1, -0.05) is 20.8 Å². The zero-order valence-corrected chi connectivity index (χ0v) is 6.47. The minimum Gasteiger partial charge on any atom is -0.492 e. The van der Waals surface area contributed by atoms with Gasteiger partial charge in [0, 0.05) is 11.8 Å². The molecule has 0 saturated carbocycles. The Hall–Kier alpha value is -0.990. The van der Waals surface area contributed by atoms with Crippen molar-refractivity contribution < 1.29 is 5.11 Å². The van der Waals surface area contributed by atoms with E-state index in [9.17, 15) is 0 Å². The molecule has 0 atom stereocenters. The average molecular weight is 140 g/mol. The van der Waals surface area contributed by atoms with E-state index in [0.29, 0.717) is 0 Å². The molecule has 0 aliphatic carbocycles. The number of nitrogens with one attached hydrogen (secondary N) is 1. The van der Waals surface area contributed by atoms with Gasteiger partial charge in [0.15, 0.2) is 0 Å². The third-order valence-electron chi connectivity index (χ3n) is 1.43. The summed E-state index contributed by atoms with van der Waals surface area (Å²) >= 11 is 0. The fourth-order valence-corrected chi connectivity index (χ4v) is 0.835. The molecular formula is C7H12N2O. The highest BCUT2D eigenvalue weighted by Gasteiger charge is 2.19. The van der Waals surface area contributed by atoms with Gasteiger partial charge in [-0.15, -0.1) is 5.10 Å². The van der Waals surface area contributed by atoms with Crippen LogP contribution >= 0.6 is 0 Å². The predicted molar refractivity (Wildman–Crippen MR) is 39.0 cm³/mol. The Morgan fingerprint density at radius 3 is 2.30 bits per heavy atom. The van der Waals surface area contributed by atoms with Gasteiger partial charge in [-0.25, -0.2) is 0 Å². The van der Waals surface area contributed by atoms with Crippen molar-refractivity contribution in [3.05, 3.63) is 11.8 Å². The standard InChI is InChI=1S/C7H12N2O/c1-7(2,3)5-4-8-9-6(5)10/h4H,1-3H3,(H2,8,9,10). The van der Waals surface area contributed by atoms with E-state index in [0.717, 1.165) is 5.56 Å². The summed E-state index contributed by atoms with van der Waals surface area (Å²) in [5, 5.41) is 15.4. The smallest absolute Gasteiger partial charge is 0.233 e. The lowest BCUT2D eigenvalue weighted by molar-refractivity contribution is 0.429. The van der Waals surface area contributed by atoms with E-state index in [1.165, 1.54) is 0 Å². The fourth-order valence-electron chi connectivity index (χ4n) is 0.835. The normalized spacial score (nSPS) is 11.9. The largest absolute Gasteiger partial charge is 0.492 e. The average Bonchev–Trinajstić information content (AvgIpc) is 2.11. The number of aromatic amines is 1. The highest BCUT2D eigenvalue weighted by atomic mass is 16.3. The van der Waals surface area contributed by atoms with Gasteiger partial charge in [0.1, 0.15) is 0 Å². The molecule has 3 heteroatoms. The molecule has 1 aromatic heterocycles. The topological polar surface area (TPSA) is 48.9 Å². The third kappa shape index (κ3) is 1.12. The van der Waals surface area contributed by atoms with Crippen LogP contribution in [0.3, 0.4) is 0 Å². The molecule has 2 N–H and O–H groups in total. The van der Waals surface area contributed by atoms with Crippen molar-refractivity contribution >= 4 is 0 Å². The molecule has 0 aliphatic rings. The van der Waals surface area contributed by atoms with Gasteiger partial charge in [-0.3, -0.25) is 5.10 Å². The summed E-state index contributed by atoms with van der Waals surface area (Å²) in [5.74, 6) is 0.104. The number of rotatable bonds is 0. The van der Waals surface area contributed by atoms with Crippen LogP contribution in [0, 0.1) is 0 Å². The van der Waals surface area contributed by atoms with Crippen LogP contribution in [0.2, 0.25) is 0 Å². The number of aromatic hydroxyl groups is 1. The molecule has 0 radical (unpaired) electrons. The lowest BCUT2D eigenvalue weighted by atomic mass is 9.89. The van der Waals surface area contributed by atoms with Crippen LogP contribution in [0.4, 0.5) is 0 Å². The predicted octanol–water partition coefficient (Wildman–Crippen LogP) is 1.41. The molecule has 0 fully saturated rings. The first-order chi connectivity index (χ1) is 4.52. The van der Waals surface area contributed by atoms with Gasteiger partial charge in [0.2, 0.25) is 5.88 Å². The minimum atomic E-state index is -0.0307. The van der Waals surface area contributed by atoms with Crippen LogP contribution in [0.1, 0.15) is 26.3 Å². The van der Waals surface area contributed by atoms with E-state index >= 15 is 0 Å². The van der Waals surface area contributed by atoms with Gasteiger partial charge >= 0.3 is 0 Å². The molecule has 0 amide bonds. The first kappa shape index (κ1) is 7.12. The summed E-state index contributed by atoms with van der Waals surface area (Å²) in [7, 11) is 0. The van der Waals surface area contributed by atoms with Crippen LogP contribution in [-0.4, -0.2) is 15.3 Å². The Labute approximate surface area is 60.1 Å². The fraction of sp³-hybridized carbons (Fsp3) is 0.571. The van der Waals surface area contributed by atoms with Crippen molar-refractivity contribution in [3.8, 4) is 5.88 Å². The van der Waals surface area contributed by atoms with Crippen molar-refractivity contribution in [2.24, 2.45) is 0 Å². The van der Waals surface area contributed by atoms with Gasteiger partial charge in [-0.2, -0.15) is 0 Å². The minimum absolute atomic E-state index is 0.0307. The van der Waals surface area contributed by atoms with Gasteiger partial charge < -0.3 is 5.11 Å². The molecule has 0 unspecified atom stereocenters. The van der Waals surface area contributed by atoms with E-state index in [4.69, 9.17) is 5.11 Å². The van der Waals surface area contributed by atoms with E-state index in [-0.39, 0.29) is 11.3 Å². The van der Waals surface area contributed by atoms with Crippen LogP contribution < -0.4 is 0 Å². The summed E-state index contributed by atoms with van der Waals surface area (Å²) < 4.78 is 0. The Kier molecular flexibility index (Phi) is 1.43. The maximum atomic E-state index is 9.14. The zero-order chi connectivity index (χ0) is 7.78. The second-order valence-electron chi connectivity index (χ2n) is 3.37. The Morgan fingerprint density at radius 2 is 2.10 bits per heavy atom. The van der Waals surface area contributed by atoms with Crippen molar-refractivity contribution in [3.63, 3.8) is 0 Å². The molecule has 1 aromatic rings. The number of hydrogen-bond donors (Lipinski definition) is 2. The molecule has 0 aromatic carbocycles. The molecular weight excluding hydrogens is 128 g/mol. The van der Waals surface area contributed by atoms with E-state index < -0.39 is 0 Å². The molecule has 10 heavy (non-hydrogen) atoms. The summed E-state index contributed by atoms with van der Waals surface area (Å²) in [6.45, 7) is 6.08. The molecule has 56 valence electrons. The highest BCUT2D eigenvalue weighted by Crippen LogP contribution is 2.27. The molecule has 0 saturated heterocycles. The SMILES string of the molecule is CC(C)(C)c1c[nH]nc1O. The van der Waals surface area contributed by atoms with Crippen molar-refractivity contribution in [2.45, 2.75) is 26.2 Å². The van der Waals surface area contributed by atoms with E-state index in [1.54, 1.807) is 6.20 Å². The second-order valence-corrected chi connectivity index (χ2v) is 3.37. The van der Waals surface area contributed by atoms with E-state index in [1.807, 2.05) is 20.8 Å². The Morgan fingerprint density at radius 1 is 1.50 bits per heavy atom. The molecule has 0 spiro atoms. The molecule has 3 nitrogen and oxygen atoms in total. The summed E-state index contributed by atoms with van der Waals surface area (Å²) in [4.78, 5) is 0. The van der Waals surface area contributed by atoms with Gasteiger partial charge in [-0.05, 0) is 5.41 Å². The van der Waals surface area contributed by atoms with Crippen molar-refractivity contribution in [1.29, 1.82) is 0 Å². The van der Waals surface area contributed by atoms with Crippen molar-refractivity contribution in [1.82, 2.24) is 10.2 Å². The second kappa shape index (κ2) is 2.01. The third-order valence-corrected chi connectivity index (χ3v) is 1.43. The summed E-state index contributed by atoms with van der Waals surface area (Å²) in [6.07, 6.45) is 1.72. The van der Waals surface area contributed by atoms with Crippen LogP contribution in [0.15, 0.2) is 6.20 Å². The van der Waals surface area contributed by atoms with E-state index in [2.05, 4.69) is 10.2 Å².